The molecular formula is C19H19FN4O. The Labute approximate surface area is 144 Å². The van der Waals surface area contributed by atoms with Gasteiger partial charge in [0.1, 0.15) is 5.82 Å². The van der Waals surface area contributed by atoms with Gasteiger partial charge in [-0.05, 0) is 36.2 Å². The lowest BCUT2D eigenvalue weighted by molar-refractivity contribution is 0.241. The van der Waals surface area contributed by atoms with Gasteiger partial charge in [-0.3, -0.25) is 14.7 Å². The van der Waals surface area contributed by atoms with Crippen molar-refractivity contribution in [3.8, 4) is 0 Å². The molecule has 0 amide bonds. The normalized spacial score (nSPS) is 14.6. The van der Waals surface area contributed by atoms with Gasteiger partial charge in [0.15, 0.2) is 0 Å². The number of aromatic nitrogens is 3. The van der Waals surface area contributed by atoms with E-state index >= 15 is 0 Å². The summed E-state index contributed by atoms with van der Waals surface area (Å²) in [4.78, 5) is 18.6. The molecule has 0 saturated heterocycles. The summed E-state index contributed by atoms with van der Waals surface area (Å²) < 4.78 is 15.4. The summed E-state index contributed by atoms with van der Waals surface area (Å²) in [6.45, 7) is 4.57. The third-order valence-electron chi connectivity index (χ3n) is 4.67. The summed E-state index contributed by atoms with van der Waals surface area (Å²) >= 11 is 0. The molecule has 0 atom stereocenters. The van der Waals surface area contributed by atoms with Crippen molar-refractivity contribution in [1.82, 2.24) is 19.7 Å². The smallest absolute Gasteiger partial charge is 0.267 e. The lowest BCUT2D eigenvalue weighted by atomic mass is 10.0. The Balaban J connectivity index is 1.63. The van der Waals surface area contributed by atoms with E-state index in [-0.39, 0.29) is 11.4 Å². The Morgan fingerprint density at radius 3 is 3.00 bits per heavy atom. The summed E-state index contributed by atoms with van der Waals surface area (Å²) in [5, 5.41) is 5.25. The summed E-state index contributed by atoms with van der Waals surface area (Å²) in [6, 6.07) is 8.43. The zero-order valence-electron chi connectivity index (χ0n) is 14.1. The minimum Gasteiger partial charge on any atom is -0.294 e. The highest BCUT2D eigenvalue weighted by Crippen LogP contribution is 2.23. The first-order chi connectivity index (χ1) is 12.1. The van der Waals surface area contributed by atoms with Crippen LogP contribution in [0.5, 0.6) is 0 Å². The number of hydrogen-bond donors (Lipinski definition) is 0. The molecule has 6 heteroatoms. The summed E-state index contributed by atoms with van der Waals surface area (Å²) in [5.41, 5.74) is 3.58. The molecule has 128 valence electrons. The Morgan fingerprint density at radius 1 is 1.28 bits per heavy atom. The molecular weight excluding hydrogens is 319 g/mol. The molecule has 1 aliphatic rings. The summed E-state index contributed by atoms with van der Waals surface area (Å²) in [6.07, 6.45) is 2.52. The minimum absolute atomic E-state index is 0.0685. The van der Waals surface area contributed by atoms with E-state index < -0.39 is 0 Å². The van der Waals surface area contributed by atoms with Crippen LogP contribution in [0, 0.1) is 5.82 Å². The number of hydrogen-bond acceptors (Lipinski definition) is 4. The monoisotopic (exact) mass is 338 g/mol. The quantitative estimate of drug-likeness (QED) is 0.736. The van der Waals surface area contributed by atoms with Gasteiger partial charge in [-0.2, -0.15) is 5.10 Å². The molecule has 1 aliphatic heterocycles. The minimum atomic E-state index is -0.250. The maximum Gasteiger partial charge on any atom is 0.267 e. The third kappa shape index (κ3) is 3.05. The van der Waals surface area contributed by atoms with Crippen molar-refractivity contribution in [2.24, 2.45) is 0 Å². The molecule has 0 N–H and O–H groups in total. The number of pyridine rings is 1. The number of benzene rings is 1. The first kappa shape index (κ1) is 15.9. The highest BCUT2D eigenvalue weighted by molar-refractivity contribution is 5.81. The molecule has 3 heterocycles. The van der Waals surface area contributed by atoms with Gasteiger partial charge in [-0.15, -0.1) is 0 Å². The first-order valence-corrected chi connectivity index (χ1v) is 8.49. The summed E-state index contributed by atoms with van der Waals surface area (Å²) in [5.74, 6) is -0.250. The van der Waals surface area contributed by atoms with Crippen LogP contribution >= 0.6 is 0 Å². The van der Waals surface area contributed by atoms with Crippen molar-refractivity contribution in [3.63, 3.8) is 0 Å². The zero-order valence-corrected chi connectivity index (χ0v) is 14.1. The molecule has 3 aromatic rings. The Morgan fingerprint density at radius 2 is 2.16 bits per heavy atom. The number of nitrogens with zero attached hydrogens (tertiary/aromatic N) is 4. The number of fused-ring (bicyclic) bond motifs is 2. The molecule has 0 unspecified atom stereocenters. The van der Waals surface area contributed by atoms with E-state index in [0.29, 0.717) is 19.6 Å². The molecule has 0 bridgehead atoms. The van der Waals surface area contributed by atoms with Crippen LogP contribution in [0.25, 0.3) is 10.9 Å². The molecule has 0 fully saturated rings. The van der Waals surface area contributed by atoms with Crippen molar-refractivity contribution in [1.29, 1.82) is 0 Å². The number of halogens is 1. The second-order valence-corrected chi connectivity index (χ2v) is 6.37. The lowest BCUT2D eigenvalue weighted by Gasteiger charge is -2.28. The average molecular weight is 338 g/mol. The van der Waals surface area contributed by atoms with Crippen LogP contribution in [0.3, 0.4) is 0 Å². The van der Waals surface area contributed by atoms with Gasteiger partial charge in [-0.25, -0.2) is 9.07 Å². The van der Waals surface area contributed by atoms with Crippen LogP contribution in [0.15, 0.2) is 41.3 Å². The van der Waals surface area contributed by atoms with E-state index in [1.807, 2.05) is 19.1 Å². The molecule has 5 nitrogen and oxygen atoms in total. The third-order valence-corrected chi connectivity index (χ3v) is 4.67. The highest BCUT2D eigenvalue weighted by atomic mass is 19.1. The van der Waals surface area contributed by atoms with Gasteiger partial charge >= 0.3 is 0 Å². The fourth-order valence-corrected chi connectivity index (χ4v) is 3.45. The Hall–Kier alpha value is -2.60. The van der Waals surface area contributed by atoms with Gasteiger partial charge in [0.2, 0.25) is 0 Å². The average Bonchev–Trinajstić information content (AvgIpc) is 2.61. The van der Waals surface area contributed by atoms with E-state index in [1.54, 1.807) is 18.3 Å². The van der Waals surface area contributed by atoms with Gasteiger partial charge < -0.3 is 0 Å². The highest BCUT2D eigenvalue weighted by Gasteiger charge is 2.20. The van der Waals surface area contributed by atoms with E-state index in [2.05, 4.69) is 15.0 Å². The van der Waals surface area contributed by atoms with Crippen LogP contribution in [0.4, 0.5) is 4.39 Å². The lowest BCUT2D eigenvalue weighted by Crippen LogP contribution is -2.34. The fraction of sp³-hybridized carbons (Fsp3) is 0.316. The number of rotatable bonds is 3. The van der Waals surface area contributed by atoms with Crippen molar-refractivity contribution in [2.45, 2.75) is 33.0 Å². The molecule has 25 heavy (non-hydrogen) atoms. The van der Waals surface area contributed by atoms with Gasteiger partial charge in [0, 0.05) is 50.2 Å². The molecule has 0 saturated carbocycles. The molecule has 4 rings (SSSR count). The molecule has 0 spiro atoms. The topological polar surface area (TPSA) is 51.0 Å². The predicted octanol–water partition coefficient (Wildman–Crippen LogP) is 2.51. The summed E-state index contributed by atoms with van der Waals surface area (Å²) in [7, 11) is 0. The van der Waals surface area contributed by atoms with Crippen LogP contribution in [0.2, 0.25) is 0 Å². The molecule has 0 radical (unpaired) electrons. The van der Waals surface area contributed by atoms with Crippen LogP contribution in [-0.2, 0) is 26.1 Å². The van der Waals surface area contributed by atoms with E-state index in [4.69, 9.17) is 0 Å². The molecule has 1 aromatic carbocycles. The SMILES string of the molecule is CCn1nc2c(cc1=O)CN(Cc1cc(F)cc3cccnc13)CC2. The predicted molar refractivity (Wildman–Crippen MR) is 93.7 cm³/mol. The zero-order chi connectivity index (χ0) is 17.4. The van der Waals surface area contributed by atoms with Gasteiger partial charge in [0.25, 0.3) is 5.56 Å². The van der Waals surface area contributed by atoms with Crippen molar-refractivity contribution < 1.29 is 4.39 Å². The molecule has 0 aliphatic carbocycles. The molecule has 2 aromatic heterocycles. The number of aryl methyl sites for hydroxylation is 1. The van der Waals surface area contributed by atoms with E-state index in [9.17, 15) is 9.18 Å². The standard InChI is InChI=1S/C19H19FN4O/c1-2-24-18(25)10-14-11-23(7-5-17(14)22-24)12-15-9-16(20)8-13-4-3-6-21-19(13)15/h3-4,6,8-10H,2,5,7,11-12H2,1H3. The second-order valence-electron chi connectivity index (χ2n) is 6.37. The Bertz CT molecular complexity index is 998. The van der Waals surface area contributed by atoms with Crippen LogP contribution < -0.4 is 5.56 Å². The largest absolute Gasteiger partial charge is 0.294 e. The van der Waals surface area contributed by atoms with E-state index in [1.165, 1.54) is 10.7 Å². The maximum atomic E-state index is 13.9. The van der Waals surface area contributed by atoms with Crippen molar-refractivity contribution >= 4 is 10.9 Å². The van der Waals surface area contributed by atoms with Crippen LogP contribution in [0.1, 0.15) is 23.7 Å². The Kier molecular flexibility index (Phi) is 4.05. The van der Waals surface area contributed by atoms with Gasteiger partial charge in [0.05, 0.1) is 11.2 Å². The maximum absolute atomic E-state index is 13.9. The fourth-order valence-electron chi connectivity index (χ4n) is 3.45. The van der Waals surface area contributed by atoms with Crippen LogP contribution in [-0.4, -0.2) is 26.2 Å². The second kappa shape index (κ2) is 6.37. The van der Waals surface area contributed by atoms with Crippen molar-refractivity contribution in [2.75, 3.05) is 6.54 Å². The van der Waals surface area contributed by atoms with Crippen molar-refractivity contribution in [3.05, 3.63) is 69.5 Å². The van der Waals surface area contributed by atoms with E-state index in [0.717, 1.165) is 40.7 Å². The van der Waals surface area contributed by atoms with Gasteiger partial charge in [-0.1, -0.05) is 6.07 Å². The first-order valence-electron chi connectivity index (χ1n) is 8.49.